The molecule has 0 amide bonds. The van der Waals surface area contributed by atoms with Crippen molar-refractivity contribution in [1.29, 1.82) is 0 Å². The van der Waals surface area contributed by atoms with E-state index in [4.69, 9.17) is 4.74 Å². The lowest BCUT2D eigenvalue weighted by Gasteiger charge is -2.15. The van der Waals surface area contributed by atoms with Crippen LogP contribution < -0.4 is 0 Å². The first-order valence-corrected chi connectivity index (χ1v) is 6.73. The largest absolute Gasteiger partial charge is 0.497 e. The van der Waals surface area contributed by atoms with Crippen LogP contribution in [0.3, 0.4) is 0 Å². The second-order valence-electron chi connectivity index (χ2n) is 5.23. The Labute approximate surface area is 107 Å². The second-order valence-corrected chi connectivity index (χ2v) is 5.23. The monoisotopic (exact) mass is 236 g/mol. The van der Waals surface area contributed by atoms with Gasteiger partial charge in [-0.25, -0.2) is 0 Å². The van der Waals surface area contributed by atoms with Crippen molar-refractivity contribution < 1.29 is 4.74 Å². The molecule has 1 atom stereocenters. The fourth-order valence-corrected chi connectivity index (χ4v) is 3.38. The predicted molar refractivity (Wildman–Crippen MR) is 72.3 cm³/mol. The average Bonchev–Trinajstić information content (AvgIpc) is 2.84. The van der Waals surface area contributed by atoms with Gasteiger partial charge in [-0.05, 0) is 41.5 Å². The summed E-state index contributed by atoms with van der Waals surface area (Å²) in [7, 11) is 0. The van der Waals surface area contributed by atoms with Gasteiger partial charge in [0.05, 0.1) is 6.61 Å². The van der Waals surface area contributed by atoms with E-state index in [2.05, 4.69) is 42.5 Å². The Morgan fingerprint density at radius 3 is 3.11 bits per heavy atom. The maximum absolute atomic E-state index is 5.97. The van der Waals surface area contributed by atoms with Crippen molar-refractivity contribution in [3.8, 4) is 0 Å². The Morgan fingerprint density at radius 1 is 1.17 bits per heavy atom. The number of rotatable bonds is 0. The Kier molecular flexibility index (Phi) is 2.19. The van der Waals surface area contributed by atoms with E-state index in [0.717, 1.165) is 25.9 Å². The Bertz CT molecular complexity index is 589. The Morgan fingerprint density at radius 2 is 2.11 bits per heavy atom. The summed E-state index contributed by atoms with van der Waals surface area (Å²) < 4.78 is 5.97. The summed E-state index contributed by atoms with van der Waals surface area (Å²) in [5, 5.41) is 0. The third-order valence-corrected chi connectivity index (χ3v) is 4.23. The minimum absolute atomic E-state index is 0.494. The van der Waals surface area contributed by atoms with Crippen molar-refractivity contribution in [3.05, 3.63) is 70.5 Å². The zero-order valence-electron chi connectivity index (χ0n) is 10.4. The highest BCUT2D eigenvalue weighted by atomic mass is 16.5. The minimum atomic E-state index is 0.494. The van der Waals surface area contributed by atoms with Gasteiger partial charge >= 0.3 is 0 Å². The third kappa shape index (κ3) is 1.40. The summed E-state index contributed by atoms with van der Waals surface area (Å²) in [6.45, 7) is 0.870. The van der Waals surface area contributed by atoms with Gasteiger partial charge in [0.2, 0.25) is 0 Å². The first-order chi connectivity index (χ1) is 8.93. The Hall–Kier alpha value is -1.76. The maximum Gasteiger partial charge on any atom is 0.107 e. The summed E-state index contributed by atoms with van der Waals surface area (Å²) in [5.74, 6) is 1.74. The zero-order chi connectivity index (χ0) is 11.9. The number of hydrogen-bond acceptors (Lipinski definition) is 1. The molecule has 1 aromatic carbocycles. The summed E-state index contributed by atoms with van der Waals surface area (Å²) in [6.07, 6.45) is 9.89. The van der Waals surface area contributed by atoms with Crippen LogP contribution in [0.2, 0.25) is 0 Å². The van der Waals surface area contributed by atoms with E-state index in [9.17, 15) is 0 Å². The topological polar surface area (TPSA) is 9.23 Å². The van der Waals surface area contributed by atoms with E-state index in [1.54, 1.807) is 0 Å². The molecule has 4 rings (SSSR count). The van der Waals surface area contributed by atoms with Crippen molar-refractivity contribution in [3.63, 3.8) is 0 Å². The molecule has 1 heteroatoms. The van der Waals surface area contributed by atoms with Crippen LogP contribution >= 0.6 is 0 Å². The van der Waals surface area contributed by atoms with Crippen LogP contribution in [0.15, 0.2) is 59.4 Å². The fraction of sp³-hybridized carbons (Fsp3) is 0.294. The van der Waals surface area contributed by atoms with Crippen LogP contribution in [0.5, 0.6) is 0 Å². The van der Waals surface area contributed by atoms with E-state index in [0.29, 0.717) is 5.92 Å². The molecule has 0 bridgehead atoms. The first kappa shape index (κ1) is 10.2. The number of fused-ring (bicyclic) bond motifs is 4. The van der Waals surface area contributed by atoms with Crippen LogP contribution in [0.25, 0.3) is 0 Å². The molecular formula is C17H16O. The van der Waals surface area contributed by atoms with Crippen molar-refractivity contribution >= 4 is 0 Å². The molecule has 1 aromatic rings. The number of hydrogen-bond donors (Lipinski definition) is 0. The normalized spacial score (nSPS) is 24.7. The van der Waals surface area contributed by atoms with Gasteiger partial charge in [-0.3, -0.25) is 0 Å². The van der Waals surface area contributed by atoms with Gasteiger partial charge < -0.3 is 4.74 Å². The average molecular weight is 236 g/mol. The quantitative estimate of drug-likeness (QED) is 0.664. The zero-order valence-corrected chi connectivity index (χ0v) is 10.4. The lowest BCUT2D eigenvalue weighted by Crippen LogP contribution is -2.00. The molecule has 1 unspecified atom stereocenters. The molecular weight excluding hydrogens is 220 g/mol. The molecule has 90 valence electrons. The number of benzene rings is 1. The van der Waals surface area contributed by atoms with E-state index in [1.807, 2.05) is 0 Å². The van der Waals surface area contributed by atoms with Gasteiger partial charge in [0.25, 0.3) is 0 Å². The van der Waals surface area contributed by atoms with Gasteiger partial charge in [0, 0.05) is 5.92 Å². The second kappa shape index (κ2) is 3.88. The maximum atomic E-state index is 5.97. The smallest absolute Gasteiger partial charge is 0.107 e. The summed E-state index contributed by atoms with van der Waals surface area (Å²) >= 11 is 0. The van der Waals surface area contributed by atoms with Crippen LogP contribution in [0, 0.1) is 0 Å². The van der Waals surface area contributed by atoms with Crippen molar-refractivity contribution in [2.24, 2.45) is 0 Å². The molecule has 1 aliphatic heterocycles. The fourth-order valence-electron chi connectivity index (χ4n) is 3.38. The molecule has 1 fully saturated rings. The SMILES string of the molecule is C1=CCC2=C3OCCC3c3ccccc3CC2=C1. The summed E-state index contributed by atoms with van der Waals surface area (Å²) in [6, 6.07) is 8.85. The predicted octanol–water partition coefficient (Wildman–Crippen LogP) is 3.89. The molecule has 1 nitrogen and oxygen atoms in total. The number of ether oxygens (including phenoxy) is 1. The minimum Gasteiger partial charge on any atom is -0.497 e. The van der Waals surface area contributed by atoms with Crippen LogP contribution in [0.1, 0.15) is 29.9 Å². The highest BCUT2D eigenvalue weighted by Crippen LogP contribution is 2.44. The van der Waals surface area contributed by atoms with Crippen molar-refractivity contribution in [2.75, 3.05) is 6.61 Å². The van der Waals surface area contributed by atoms with E-state index >= 15 is 0 Å². The summed E-state index contributed by atoms with van der Waals surface area (Å²) in [5.41, 5.74) is 5.84. The standard InChI is InChI=1S/C17H16O/c1-3-7-14-12(5-1)11-13-6-2-4-8-15(13)17-16(14)9-10-18-17/h1-7,16H,8-11H2. The lowest BCUT2D eigenvalue weighted by molar-refractivity contribution is 0.258. The van der Waals surface area contributed by atoms with Gasteiger partial charge in [-0.1, -0.05) is 42.5 Å². The molecule has 18 heavy (non-hydrogen) atoms. The molecule has 0 aromatic heterocycles. The van der Waals surface area contributed by atoms with Crippen LogP contribution in [-0.4, -0.2) is 6.61 Å². The van der Waals surface area contributed by atoms with E-state index in [1.165, 1.54) is 28.0 Å². The van der Waals surface area contributed by atoms with Gasteiger partial charge in [0.15, 0.2) is 0 Å². The van der Waals surface area contributed by atoms with Crippen LogP contribution in [0.4, 0.5) is 0 Å². The number of allylic oxidation sites excluding steroid dienone is 6. The van der Waals surface area contributed by atoms with Crippen molar-refractivity contribution in [2.45, 2.75) is 25.2 Å². The lowest BCUT2D eigenvalue weighted by atomic mass is 9.91. The van der Waals surface area contributed by atoms with Gasteiger partial charge in [0.1, 0.15) is 5.76 Å². The first-order valence-electron chi connectivity index (χ1n) is 6.73. The molecule has 1 saturated heterocycles. The van der Waals surface area contributed by atoms with E-state index < -0.39 is 0 Å². The Balaban J connectivity index is 1.95. The molecule has 0 spiro atoms. The van der Waals surface area contributed by atoms with Gasteiger partial charge in [-0.15, -0.1) is 0 Å². The molecule has 0 radical (unpaired) electrons. The van der Waals surface area contributed by atoms with E-state index in [-0.39, 0.29) is 0 Å². The van der Waals surface area contributed by atoms with Crippen molar-refractivity contribution in [1.82, 2.24) is 0 Å². The molecule has 3 aliphatic rings. The third-order valence-electron chi connectivity index (χ3n) is 4.23. The van der Waals surface area contributed by atoms with Gasteiger partial charge in [-0.2, -0.15) is 0 Å². The molecule has 0 saturated carbocycles. The highest BCUT2D eigenvalue weighted by Gasteiger charge is 2.32. The summed E-state index contributed by atoms with van der Waals surface area (Å²) in [4.78, 5) is 0. The molecule has 1 heterocycles. The molecule has 0 N–H and O–H groups in total. The van der Waals surface area contributed by atoms with Crippen LogP contribution in [-0.2, 0) is 11.2 Å². The highest BCUT2D eigenvalue weighted by molar-refractivity contribution is 5.52. The molecule has 2 aliphatic carbocycles.